The van der Waals surface area contributed by atoms with Crippen molar-refractivity contribution in [3.8, 4) is 29.4 Å². The van der Waals surface area contributed by atoms with Gasteiger partial charge in [0.1, 0.15) is 51.4 Å². The van der Waals surface area contributed by atoms with E-state index in [0.717, 1.165) is 145 Å². The molecule has 6 N–H and O–H groups in total. The van der Waals surface area contributed by atoms with E-state index in [4.69, 9.17) is 25.8 Å². The molecular formula is C81H101ClF3N23O7S2. The number of aromatic nitrogens is 12. The summed E-state index contributed by atoms with van der Waals surface area (Å²) in [6, 6.07) is 16.7. The second-order valence-corrected chi connectivity index (χ2v) is 37.1. The molecule has 9 aromatic rings. The zero-order chi connectivity index (χ0) is 83.5. The Morgan fingerprint density at radius 3 is 1.16 bits per heavy atom. The van der Waals surface area contributed by atoms with Crippen molar-refractivity contribution in [2.45, 2.75) is 188 Å². The van der Waals surface area contributed by atoms with Gasteiger partial charge in [-0.25, -0.2) is 31.8 Å². The molecule has 0 bridgehead atoms. The summed E-state index contributed by atoms with van der Waals surface area (Å²) in [5, 5.41) is 48.1. The lowest BCUT2D eigenvalue weighted by Gasteiger charge is -2.30. The molecule has 9 heterocycles. The van der Waals surface area contributed by atoms with Crippen LogP contribution >= 0.6 is 11.6 Å². The number of nitrogens with zero attached hydrogens (tertiary/aromatic N) is 17. The standard InChI is InChI=1S/C28H36F3N7O3S.C28H36N8O3S.C25H29ClN8O/c1-16(2)42(39,40)26-23(15-38(5)36-26)33-25-21(28(29,30)31)14-32-27(35-25)34-22-12-17(3)20(13-24(22)41-19-6-7-19)18-8-10-37(4)11-9-18;1-17(2)40(37,38)27-24(16-36(5)34-27)31-26-20(14-29)15-30-28(33-26)32-23-12-18(3)22(13-25(23)39-21-6-7-21)19-8-10-35(4)11-9-19;1-15-10-20(23(35-17-4-5-17)11-18(15)16-6-8-33(2)9-7-16)30-25-28-13-19(26)24(31-25)29-22-14-34(3)32-21(22)12-27/h12-16,18-19H,6-11H2,1-5H3,(H2,32,33,34,35);12-13,15-17,19,21H,6-11H2,1-5H3,(H2,30,31,32,33);10-11,13-14,16-17H,4-9H2,1-3H3,(H2,28,29,30,31). The number of likely N-dealkylation sites (tertiary alicyclic amines) is 3. The molecule has 30 nitrogen and oxygen atoms in total. The number of hydrogen-bond acceptors (Lipinski definition) is 27. The van der Waals surface area contributed by atoms with E-state index >= 15 is 0 Å². The third kappa shape index (κ3) is 20.8. The molecule has 36 heteroatoms. The Hall–Kier alpha value is -10.4. The minimum absolute atomic E-state index is 0.0938. The van der Waals surface area contributed by atoms with Crippen LogP contribution in [0, 0.1) is 43.4 Å². The zero-order valence-corrected chi connectivity index (χ0v) is 70.5. The number of ether oxygens (including phenoxy) is 3. The summed E-state index contributed by atoms with van der Waals surface area (Å²) in [5.41, 5.74) is 9.39. The summed E-state index contributed by atoms with van der Waals surface area (Å²) in [7, 11) is 3.76. The predicted molar refractivity (Wildman–Crippen MR) is 442 cm³/mol. The molecule has 6 aliphatic rings. The van der Waals surface area contributed by atoms with E-state index in [1.807, 2.05) is 19.1 Å². The molecule has 0 spiro atoms. The maximum Gasteiger partial charge on any atom is 0.421 e. The normalized spacial score (nSPS) is 16.8. The maximum absolute atomic E-state index is 14.0. The second-order valence-electron chi connectivity index (χ2n) is 31.9. The first kappa shape index (κ1) is 84.5. The molecule has 0 radical (unpaired) electrons. The summed E-state index contributed by atoms with van der Waals surface area (Å²) < 4.78 is 117. The number of piperidine rings is 3. The number of aryl methyl sites for hydroxylation is 6. The number of hydrogen-bond donors (Lipinski definition) is 6. The molecule has 6 aromatic heterocycles. The molecule has 0 amide bonds. The molecule has 622 valence electrons. The molecule has 3 saturated carbocycles. The fraction of sp³-hybridized carbons (Fsp3) is 0.494. The van der Waals surface area contributed by atoms with Crippen molar-refractivity contribution >= 4 is 101 Å². The van der Waals surface area contributed by atoms with Crippen molar-refractivity contribution in [2.24, 2.45) is 21.1 Å². The lowest BCUT2D eigenvalue weighted by atomic mass is 9.86. The molecule has 3 saturated heterocycles. The Kier molecular flexibility index (Phi) is 25.6. The van der Waals surface area contributed by atoms with Gasteiger partial charge in [-0.05, 0) is 273 Å². The van der Waals surface area contributed by atoms with Crippen LogP contribution in [0.2, 0.25) is 5.02 Å². The first-order chi connectivity index (χ1) is 55.7. The first-order valence-electron chi connectivity index (χ1n) is 39.5. The highest BCUT2D eigenvalue weighted by Crippen LogP contribution is 2.46. The summed E-state index contributed by atoms with van der Waals surface area (Å²) >= 11 is 6.35. The van der Waals surface area contributed by atoms with Crippen LogP contribution in [0.25, 0.3) is 0 Å². The number of nitrogens with one attached hydrogen (secondary N) is 6. The van der Waals surface area contributed by atoms with Gasteiger partial charge in [-0.15, -0.1) is 0 Å². The quantitative estimate of drug-likeness (QED) is 0.0309. The number of nitriles is 2. The SMILES string of the molecule is Cc1cc(Nc2ncc(C#N)c(Nc3cn(C)nc3S(=O)(=O)C(C)C)n2)c(OC2CC2)cc1C1CCN(C)CC1.Cc1cc(Nc2ncc(C(F)(F)F)c(Nc3cn(C)nc3S(=O)(=O)C(C)C)n2)c(OC2CC2)cc1C1CCN(C)CC1.Cc1cc(Nc2ncc(Cl)c(Nc3cn(C)nc3C#N)n2)c(OC2CC2)cc1C1CCN(C)CC1. The number of rotatable bonds is 25. The van der Waals surface area contributed by atoms with Crippen LogP contribution in [0.5, 0.6) is 17.2 Å². The number of anilines is 12. The minimum Gasteiger partial charge on any atom is -0.488 e. The van der Waals surface area contributed by atoms with Gasteiger partial charge in [-0.3, -0.25) is 14.0 Å². The molecule has 15 rings (SSSR count). The Bertz CT molecular complexity index is 5440. The van der Waals surface area contributed by atoms with Crippen LogP contribution in [-0.2, 0) is 47.0 Å². The summed E-state index contributed by atoms with van der Waals surface area (Å²) in [5.74, 6) is 4.13. The van der Waals surface area contributed by atoms with Crippen molar-refractivity contribution in [3.63, 3.8) is 0 Å². The predicted octanol–water partition coefficient (Wildman–Crippen LogP) is 14.8. The highest BCUT2D eigenvalue weighted by Gasteiger charge is 2.38. The van der Waals surface area contributed by atoms with Crippen molar-refractivity contribution in [1.29, 1.82) is 10.5 Å². The fourth-order valence-electron chi connectivity index (χ4n) is 14.3. The van der Waals surface area contributed by atoms with Gasteiger partial charge in [0.25, 0.3) is 0 Å². The van der Waals surface area contributed by atoms with E-state index in [9.17, 15) is 40.5 Å². The molecule has 0 unspecified atom stereocenters. The fourth-order valence-corrected chi connectivity index (χ4v) is 16.7. The van der Waals surface area contributed by atoms with Gasteiger partial charge in [0.15, 0.2) is 17.3 Å². The summed E-state index contributed by atoms with van der Waals surface area (Å²) in [6.07, 6.45) is 16.6. The van der Waals surface area contributed by atoms with E-state index < -0.39 is 47.7 Å². The molecule has 3 aromatic carbocycles. The average Bonchev–Trinajstić information content (AvgIpc) is 1.77. The summed E-state index contributed by atoms with van der Waals surface area (Å²) in [4.78, 5) is 33.0. The zero-order valence-electron chi connectivity index (χ0n) is 68.1. The maximum atomic E-state index is 14.0. The molecule has 3 aliphatic carbocycles. The van der Waals surface area contributed by atoms with Gasteiger partial charge < -0.3 is 60.8 Å². The van der Waals surface area contributed by atoms with Gasteiger partial charge >= 0.3 is 6.18 Å². The largest absolute Gasteiger partial charge is 0.488 e. The first-order valence-corrected chi connectivity index (χ1v) is 43.0. The van der Waals surface area contributed by atoms with Crippen molar-refractivity contribution in [3.05, 3.63) is 129 Å². The lowest BCUT2D eigenvalue weighted by molar-refractivity contribution is -0.137. The van der Waals surface area contributed by atoms with Gasteiger partial charge in [0, 0.05) is 45.9 Å². The summed E-state index contributed by atoms with van der Waals surface area (Å²) in [6.45, 7) is 18.8. The third-order valence-corrected chi connectivity index (χ3v) is 26.0. The van der Waals surface area contributed by atoms with Crippen LogP contribution in [0.3, 0.4) is 0 Å². The Morgan fingerprint density at radius 2 is 0.795 bits per heavy atom. The topological polar surface area (TPSA) is 356 Å². The van der Waals surface area contributed by atoms with E-state index in [0.29, 0.717) is 57.9 Å². The van der Waals surface area contributed by atoms with Crippen molar-refractivity contribution in [1.82, 2.24) is 73.9 Å². The van der Waals surface area contributed by atoms with Gasteiger partial charge in [0.05, 0.1) is 75.3 Å². The Labute approximate surface area is 685 Å². The minimum atomic E-state index is -4.80. The van der Waals surface area contributed by atoms with Gasteiger partial charge in [0.2, 0.25) is 47.6 Å². The molecule has 0 atom stereocenters. The van der Waals surface area contributed by atoms with Crippen molar-refractivity contribution in [2.75, 3.05) is 92.3 Å². The number of alkyl halides is 3. The average molecular weight is 1670 g/mol. The number of benzene rings is 3. The number of sulfone groups is 2. The monoisotopic (exact) mass is 1660 g/mol. The van der Waals surface area contributed by atoms with Crippen LogP contribution in [-0.4, -0.2) is 180 Å². The van der Waals surface area contributed by atoms with Crippen molar-refractivity contribution < 1.29 is 44.2 Å². The van der Waals surface area contributed by atoms with Gasteiger partial charge in [-0.1, -0.05) is 11.6 Å². The van der Waals surface area contributed by atoms with E-state index in [1.54, 1.807) is 45.0 Å². The van der Waals surface area contributed by atoms with Gasteiger partial charge in [-0.2, -0.15) is 53.9 Å². The highest BCUT2D eigenvalue weighted by molar-refractivity contribution is 7.92. The van der Waals surface area contributed by atoms with Crippen LogP contribution in [0.15, 0.2) is 83.6 Å². The van der Waals surface area contributed by atoms with E-state index in [-0.39, 0.29) is 68.7 Å². The van der Waals surface area contributed by atoms with E-state index in [2.05, 4.69) is 163 Å². The Morgan fingerprint density at radius 1 is 0.453 bits per heavy atom. The van der Waals surface area contributed by atoms with Crippen LogP contribution in [0.1, 0.15) is 173 Å². The molecular weight excluding hydrogens is 1560 g/mol. The van der Waals surface area contributed by atoms with Crippen LogP contribution in [0.4, 0.5) is 82.6 Å². The lowest BCUT2D eigenvalue weighted by Crippen LogP contribution is -2.29. The highest BCUT2D eigenvalue weighted by atomic mass is 35.5. The molecule has 6 fully saturated rings. The van der Waals surface area contributed by atoms with E-state index in [1.165, 1.54) is 76.7 Å². The molecule has 3 aliphatic heterocycles. The second kappa shape index (κ2) is 35.4. The van der Waals surface area contributed by atoms with Crippen LogP contribution < -0.4 is 46.1 Å². The third-order valence-electron chi connectivity index (χ3n) is 21.6. The Balaban J connectivity index is 0.000000153. The number of halogens is 4. The molecule has 117 heavy (non-hydrogen) atoms. The smallest absolute Gasteiger partial charge is 0.421 e.